The highest BCUT2D eigenvalue weighted by molar-refractivity contribution is 5.95. The maximum atomic E-state index is 12.4. The van der Waals surface area contributed by atoms with Gasteiger partial charge in [-0.1, -0.05) is 6.07 Å². The summed E-state index contributed by atoms with van der Waals surface area (Å²) in [5.74, 6) is -0.0107. The summed E-state index contributed by atoms with van der Waals surface area (Å²) in [5.41, 5.74) is 0.0688. The van der Waals surface area contributed by atoms with Crippen molar-refractivity contribution in [3.63, 3.8) is 0 Å². The molecule has 1 aromatic carbocycles. The van der Waals surface area contributed by atoms with Crippen LogP contribution in [-0.4, -0.2) is 90.6 Å². The molecule has 0 unspecified atom stereocenters. The number of aromatic hydroxyl groups is 1. The van der Waals surface area contributed by atoms with Crippen molar-refractivity contribution >= 4 is 11.8 Å². The Kier molecular flexibility index (Phi) is 4.23. The molecule has 1 N–H and O–H groups in total. The number of ether oxygens (including phenoxy) is 1. The van der Waals surface area contributed by atoms with Gasteiger partial charge < -0.3 is 19.6 Å². The summed E-state index contributed by atoms with van der Waals surface area (Å²) in [5, 5.41) is 9.50. The molecule has 0 saturated carbocycles. The van der Waals surface area contributed by atoms with E-state index in [2.05, 4.69) is 0 Å². The van der Waals surface area contributed by atoms with E-state index in [4.69, 9.17) is 4.74 Å². The highest BCUT2D eigenvalue weighted by atomic mass is 16.5. The normalized spacial score (nSPS) is 23.0. The summed E-state index contributed by atoms with van der Waals surface area (Å²) >= 11 is 0. The molecule has 1 aromatic rings. The molecule has 7 nitrogen and oxygen atoms in total. The van der Waals surface area contributed by atoms with Crippen LogP contribution in [0, 0.1) is 0 Å². The molecular weight excluding hydrogens is 310 g/mol. The van der Waals surface area contributed by atoms with Crippen LogP contribution in [0.25, 0.3) is 0 Å². The molecule has 2 heterocycles. The van der Waals surface area contributed by atoms with Crippen LogP contribution in [0.2, 0.25) is 0 Å². The van der Waals surface area contributed by atoms with Crippen LogP contribution in [0.15, 0.2) is 24.3 Å². The molecule has 1 spiro atoms. The molecule has 2 aliphatic heterocycles. The van der Waals surface area contributed by atoms with Crippen LogP contribution < -0.4 is 0 Å². The molecule has 0 radical (unpaired) electrons. The topological polar surface area (TPSA) is 73.3 Å². The second-order valence-corrected chi connectivity index (χ2v) is 6.87. The Morgan fingerprint density at radius 1 is 1.29 bits per heavy atom. The van der Waals surface area contributed by atoms with Gasteiger partial charge in [0.25, 0.3) is 5.91 Å². The van der Waals surface area contributed by atoms with Gasteiger partial charge in [0.15, 0.2) is 0 Å². The Bertz CT molecular complexity index is 655. The van der Waals surface area contributed by atoms with E-state index in [1.54, 1.807) is 36.0 Å². The van der Waals surface area contributed by atoms with Crippen molar-refractivity contribution in [2.75, 3.05) is 47.4 Å². The average Bonchev–Trinajstić information content (AvgIpc) is 2.51. The molecule has 2 fully saturated rings. The lowest BCUT2D eigenvalue weighted by Gasteiger charge is -2.54. The van der Waals surface area contributed by atoms with Gasteiger partial charge in [-0.15, -0.1) is 0 Å². The average molecular weight is 333 g/mol. The lowest BCUT2D eigenvalue weighted by molar-refractivity contribution is -0.190. The van der Waals surface area contributed by atoms with Gasteiger partial charge >= 0.3 is 0 Å². The zero-order valence-corrected chi connectivity index (χ0v) is 14.2. The number of hydrogen-bond acceptors (Lipinski definition) is 5. The van der Waals surface area contributed by atoms with Crippen LogP contribution >= 0.6 is 0 Å². The maximum Gasteiger partial charge on any atom is 0.254 e. The second-order valence-electron chi connectivity index (χ2n) is 6.87. The van der Waals surface area contributed by atoms with Crippen molar-refractivity contribution in [3.05, 3.63) is 29.8 Å². The van der Waals surface area contributed by atoms with E-state index in [1.165, 1.54) is 12.1 Å². The monoisotopic (exact) mass is 333 g/mol. The number of carbonyl (C=O) groups is 2. The number of likely N-dealkylation sites (N-methyl/N-ethyl adjacent to an activating group) is 2. The van der Waals surface area contributed by atoms with E-state index in [0.717, 1.165) is 0 Å². The fourth-order valence-electron chi connectivity index (χ4n) is 3.36. The predicted molar refractivity (Wildman–Crippen MR) is 87.8 cm³/mol. The van der Waals surface area contributed by atoms with E-state index >= 15 is 0 Å². The first-order valence-electron chi connectivity index (χ1n) is 7.95. The number of likely N-dealkylation sites (tertiary alicyclic amines) is 1. The van der Waals surface area contributed by atoms with E-state index in [1.807, 2.05) is 11.9 Å². The Morgan fingerprint density at radius 2 is 2.00 bits per heavy atom. The number of hydrogen-bond donors (Lipinski definition) is 1. The van der Waals surface area contributed by atoms with Crippen LogP contribution in [0.1, 0.15) is 10.4 Å². The standard InChI is InChI=1S/C17H23N3O4/c1-18(2)16(23)14-8-24-17(9-19(14)3)10-20(11-17)15(22)12-5-4-6-13(21)7-12/h4-7,14,21H,8-11H2,1-3H3/t14-/m0/s1. The minimum atomic E-state index is -0.398. The smallest absolute Gasteiger partial charge is 0.254 e. The molecule has 2 saturated heterocycles. The number of rotatable bonds is 2. The number of phenols is 1. The van der Waals surface area contributed by atoms with Gasteiger partial charge in [0.1, 0.15) is 17.4 Å². The molecule has 0 aromatic heterocycles. The maximum absolute atomic E-state index is 12.4. The third-order valence-electron chi connectivity index (χ3n) is 4.68. The minimum Gasteiger partial charge on any atom is -0.508 e. The van der Waals surface area contributed by atoms with E-state index < -0.39 is 5.60 Å². The van der Waals surface area contributed by atoms with Gasteiger partial charge in [0.05, 0.1) is 19.7 Å². The highest BCUT2D eigenvalue weighted by Crippen LogP contribution is 2.32. The minimum absolute atomic E-state index is 0.0272. The van der Waals surface area contributed by atoms with Crippen molar-refractivity contribution in [2.45, 2.75) is 11.6 Å². The lowest BCUT2D eigenvalue weighted by atomic mass is 9.90. The third-order valence-corrected chi connectivity index (χ3v) is 4.68. The van der Waals surface area contributed by atoms with Crippen LogP contribution in [0.5, 0.6) is 5.75 Å². The molecule has 1 atom stereocenters. The molecule has 3 rings (SSSR count). The van der Waals surface area contributed by atoms with Crippen molar-refractivity contribution in [2.24, 2.45) is 0 Å². The van der Waals surface area contributed by atoms with Crippen LogP contribution in [0.3, 0.4) is 0 Å². The van der Waals surface area contributed by atoms with E-state index in [-0.39, 0.29) is 23.6 Å². The Balaban J connectivity index is 1.60. The lowest BCUT2D eigenvalue weighted by Crippen LogP contribution is -2.73. The first-order valence-corrected chi connectivity index (χ1v) is 7.95. The molecule has 0 aliphatic carbocycles. The van der Waals surface area contributed by atoms with Gasteiger partial charge in [0, 0.05) is 26.2 Å². The second kappa shape index (κ2) is 6.07. The summed E-state index contributed by atoms with van der Waals surface area (Å²) in [6.07, 6.45) is 0. The summed E-state index contributed by atoms with van der Waals surface area (Å²) in [6.45, 7) is 1.94. The molecular formula is C17H23N3O4. The zero-order chi connectivity index (χ0) is 17.5. The van der Waals surface area contributed by atoms with Crippen LogP contribution in [0.4, 0.5) is 0 Å². The summed E-state index contributed by atoms with van der Waals surface area (Å²) in [7, 11) is 5.38. The van der Waals surface area contributed by atoms with Crippen molar-refractivity contribution in [1.29, 1.82) is 0 Å². The van der Waals surface area contributed by atoms with Gasteiger partial charge in [0.2, 0.25) is 5.91 Å². The molecule has 2 aliphatic rings. The zero-order valence-electron chi connectivity index (χ0n) is 14.2. The number of benzene rings is 1. The molecule has 2 amide bonds. The summed E-state index contributed by atoms with van der Waals surface area (Å²) in [4.78, 5) is 29.8. The Labute approximate surface area is 141 Å². The summed E-state index contributed by atoms with van der Waals surface area (Å²) < 4.78 is 5.96. The largest absolute Gasteiger partial charge is 0.508 e. The van der Waals surface area contributed by atoms with Crippen molar-refractivity contribution in [1.82, 2.24) is 14.7 Å². The van der Waals surface area contributed by atoms with Gasteiger partial charge in [-0.05, 0) is 25.2 Å². The third kappa shape index (κ3) is 2.97. The number of nitrogens with zero attached hydrogens (tertiary/aromatic N) is 3. The van der Waals surface area contributed by atoms with E-state index in [0.29, 0.717) is 31.8 Å². The number of morpholine rings is 1. The van der Waals surface area contributed by atoms with Crippen molar-refractivity contribution < 1.29 is 19.4 Å². The molecule has 7 heteroatoms. The quantitative estimate of drug-likeness (QED) is 0.825. The fraction of sp³-hybridized carbons (Fsp3) is 0.529. The molecule has 24 heavy (non-hydrogen) atoms. The Hall–Kier alpha value is -2.12. The van der Waals surface area contributed by atoms with Crippen LogP contribution in [-0.2, 0) is 9.53 Å². The first-order chi connectivity index (χ1) is 11.3. The van der Waals surface area contributed by atoms with Gasteiger partial charge in [-0.3, -0.25) is 14.5 Å². The van der Waals surface area contributed by atoms with Gasteiger partial charge in [-0.2, -0.15) is 0 Å². The number of amides is 2. The number of carbonyl (C=O) groups excluding carboxylic acids is 2. The van der Waals surface area contributed by atoms with Crippen molar-refractivity contribution in [3.8, 4) is 5.75 Å². The first kappa shape index (κ1) is 16.7. The van der Waals surface area contributed by atoms with Gasteiger partial charge in [-0.25, -0.2) is 0 Å². The predicted octanol–water partition coefficient (Wildman–Crippen LogP) is 0.00560. The number of phenolic OH excluding ortho intramolecular Hbond substituents is 1. The van der Waals surface area contributed by atoms with E-state index in [9.17, 15) is 14.7 Å². The Morgan fingerprint density at radius 3 is 2.58 bits per heavy atom. The summed E-state index contributed by atoms with van der Waals surface area (Å²) in [6, 6.07) is 6.07. The molecule has 130 valence electrons. The molecule has 0 bridgehead atoms. The fourth-order valence-corrected chi connectivity index (χ4v) is 3.36. The highest BCUT2D eigenvalue weighted by Gasteiger charge is 2.51. The SMILES string of the molecule is CN(C)C(=O)[C@@H]1COC2(CN(C(=O)c3cccc(O)c3)C2)CN1C.